The lowest BCUT2D eigenvalue weighted by Crippen LogP contribution is -2.36. The minimum absolute atomic E-state index is 0.300. The molecule has 0 amide bonds. The molecule has 0 aromatic carbocycles. The summed E-state index contributed by atoms with van der Waals surface area (Å²) in [6, 6.07) is 0. The molecule has 0 heterocycles. The molecule has 2 aliphatic carbocycles. The van der Waals surface area contributed by atoms with Crippen LogP contribution in [-0.4, -0.2) is 18.5 Å². The molecule has 0 saturated heterocycles. The van der Waals surface area contributed by atoms with Gasteiger partial charge in [0, 0.05) is 5.92 Å². The predicted molar refractivity (Wildman–Crippen MR) is 50.5 cm³/mol. The Morgan fingerprint density at radius 2 is 1.69 bits per heavy atom. The van der Waals surface area contributed by atoms with Crippen molar-refractivity contribution < 1.29 is 9.53 Å². The first-order valence-corrected chi connectivity index (χ1v) is 5.49. The molecular formula is C11H18O2. The van der Waals surface area contributed by atoms with E-state index < -0.39 is 0 Å². The van der Waals surface area contributed by atoms with Crippen LogP contribution in [0.2, 0.25) is 0 Å². The molecule has 74 valence electrons. The van der Waals surface area contributed by atoms with Gasteiger partial charge in [-0.25, -0.2) is 0 Å². The molecule has 0 aliphatic heterocycles. The highest BCUT2D eigenvalue weighted by Gasteiger charge is 2.31. The van der Waals surface area contributed by atoms with Crippen LogP contribution in [0.15, 0.2) is 0 Å². The number of hydrogen-bond acceptors (Lipinski definition) is 2. The average molecular weight is 182 g/mol. The third-order valence-electron chi connectivity index (χ3n) is 3.26. The minimum atomic E-state index is 0.300. The lowest BCUT2D eigenvalue weighted by atomic mass is 9.83. The van der Waals surface area contributed by atoms with Crippen LogP contribution in [0.4, 0.5) is 0 Å². The van der Waals surface area contributed by atoms with E-state index in [4.69, 9.17) is 4.74 Å². The molecule has 0 aromatic rings. The third-order valence-corrected chi connectivity index (χ3v) is 3.26. The SMILES string of the molecule is O=CC1CC(OC2CCCCC2)C1. The Morgan fingerprint density at radius 3 is 2.31 bits per heavy atom. The molecule has 0 spiro atoms. The molecule has 0 N–H and O–H groups in total. The normalized spacial score (nSPS) is 35.4. The molecule has 0 radical (unpaired) electrons. The van der Waals surface area contributed by atoms with E-state index in [1.165, 1.54) is 32.1 Å². The average Bonchev–Trinajstić information content (AvgIpc) is 2.12. The summed E-state index contributed by atoms with van der Waals surface area (Å²) >= 11 is 0. The first-order valence-electron chi connectivity index (χ1n) is 5.49. The van der Waals surface area contributed by atoms with Crippen molar-refractivity contribution in [3.8, 4) is 0 Å². The highest BCUT2D eigenvalue weighted by molar-refractivity contribution is 5.55. The Labute approximate surface area is 79.7 Å². The van der Waals surface area contributed by atoms with Gasteiger partial charge in [0.1, 0.15) is 6.29 Å². The molecule has 0 unspecified atom stereocenters. The third kappa shape index (κ3) is 2.31. The molecule has 2 heteroatoms. The zero-order valence-electron chi connectivity index (χ0n) is 8.08. The number of ether oxygens (including phenoxy) is 1. The molecule has 13 heavy (non-hydrogen) atoms. The van der Waals surface area contributed by atoms with E-state index >= 15 is 0 Å². The van der Waals surface area contributed by atoms with Crippen molar-refractivity contribution in [2.75, 3.05) is 0 Å². The smallest absolute Gasteiger partial charge is 0.123 e. The molecule has 0 bridgehead atoms. The molecule has 2 saturated carbocycles. The van der Waals surface area contributed by atoms with E-state index in [1.54, 1.807) is 0 Å². The van der Waals surface area contributed by atoms with Crippen LogP contribution < -0.4 is 0 Å². The van der Waals surface area contributed by atoms with E-state index in [1.807, 2.05) is 0 Å². The summed E-state index contributed by atoms with van der Waals surface area (Å²) in [7, 11) is 0. The fraction of sp³-hybridized carbons (Fsp3) is 0.909. The molecule has 2 fully saturated rings. The number of carbonyl (C=O) groups excluding carboxylic acids is 1. The number of carbonyl (C=O) groups is 1. The molecular weight excluding hydrogens is 164 g/mol. The van der Waals surface area contributed by atoms with Crippen molar-refractivity contribution in [2.24, 2.45) is 5.92 Å². The van der Waals surface area contributed by atoms with Gasteiger partial charge in [-0.1, -0.05) is 19.3 Å². The standard InChI is InChI=1S/C11H18O2/c12-8-9-6-11(7-9)13-10-4-2-1-3-5-10/h8-11H,1-7H2. The predicted octanol–water partition coefficient (Wildman–Crippen LogP) is 2.31. The summed E-state index contributed by atoms with van der Waals surface area (Å²) in [5.41, 5.74) is 0. The van der Waals surface area contributed by atoms with Gasteiger partial charge in [0.2, 0.25) is 0 Å². The monoisotopic (exact) mass is 182 g/mol. The van der Waals surface area contributed by atoms with Gasteiger partial charge in [-0.05, 0) is 25.7 Å². The number of aldehydes is 1. The van der Waals surface area contributed by atoms with Gasteiger partial charge >= 0.3 is 0 Å². The fourth-order valence-electron chi connectivity index (χ4n) is 2.30. The van der Waals surface area contributed by atoms with Gasteiger partial charge in [-0.15, -0.1) is 0 Å². The molecule has 0 aromatic heterocycles. The van der Waals surface area contributed by atoms with E-state index in [2.05, 4.69) is 0 Å². The van der Waals surface area contributed by atoms with Crippen LogP contribution in [0.1, 0.15) is 44.9 Å². The molecule has 2 nitrogen and oxygen atoms in total. The van der Waals surface area contributed by atoms with Gasteiger partial charge in [0.05, 0.1) is 12.2 Å². The van der Waals surface area contributed by atoms with Crippen LogP contribution in [0.5, 0.6) is 0 Å². The zero-order chi connectivity index (χ0) is 9.10. The van der Waals surface area contributed by atoms with Crippen molar-refractivity contribution in [1.29, 1.82) is 0 Å². The van der Waals surface area contributed by atoms with Crippen molar-refractivity contribution in [3.63, 3.8) is 0 Å². The summed E-state index contributed by atoms with van der Waals surface area (Å²) < 4.78 is 5.90. The van der Waals surface area contributed by atoms with Gasteiger partial charge in [0.15, 0.2) is 0 Å². The van der Waals surface area contributed by atoms with E-state index in [9.17, 15) is 4.79 Å². The second-order valence-electron chi connectivity index (χ2n) is 4.39. The van der Waals surface area contributed by atoms with Gasteiger partial charge < -0.3 is 9.53 Å². The van der Waals surface area contributed by atoms with E-state index in [0.29, 0.717) is 18.1 Å². The molecule has 0 atom stereocenters. The van der Waals surface area contributed by atoms with E-state index in [0.717, 1.165) is 19.1 Å². The highest BCUT2D eigenvalue weighted by Crippen LogP contribution is 2.32. The molecule has 2 aliphatic rings. The van der Waals surface area contributed by atoms with Gasteiger partial charge in [0.25, 0.3) is 0 Å². The van der Waals surface area contributed by atoms with Crippen molar-refractivity contribution in [1.82, 2.24) is 0 Å². The quantitative estimate of drug-likeness (QED) is 0.626. The first kappa shape index (κ1) is 9.20. The number of hydrogen-bond donors (Lipinski definition) is 0. The number of rotatable bonds is 3. The van der Waals surface area contributed by atoms with Gasteiger partial charge in [-0.3, -0.25) is 0 Å². The summed E-state index contributed by atoms with van der Waals surface area (Å²) in [4.78, 5) is 10.4. The lowest BCUT2D eigenvalue weighted by Gasteiger charge is -2.35. The molecule has 2 rings (SSSR count). The summed E-state index contributed by atoms with van der Waals surface area (Å²) in [5.74, 6) is 0.300. The Bertz CT molecular complexity index is 167. The van der Waals surface area contributed by atoms with Crippen LogP contribution >= 0.6 is 0 Å². The van der Waals surface area contributed by atoms with Crippen LogP contribution in [0.3, 0.4) is 0 Å². The fourth-order valence-corrected chi connectivity index (χ4v) is 2.30. The summed E-state index contributed by atoms with van der Waals surface area (Å²) in [5, 5.41) is 0. The van der Waals surface area contributed by atoms with Crippen LogP contribution in [-0.2, 0) is 9.53 Å². The Kier molecular flexibility index (Phi) is 2.99. The van der Waals surface area contributed by atoms with Crippen molar-refractivity contribution >= 4 is 6.29 Å². The van der Waals surface area contributed by atoms with Gasteiger partial charge in [-0.2, -0.15) is 0 Å². The maximum absolute atomic E-state index is 10.4. The van der Waals surface area contributed by atoms with Crippen molar-refractivity contribution in [3.05, 3.63) is 0 Å². The zero-order valence-corrected chi connectivity index (χ0v) is 8.08. The Hall–Kier alpha value is -0.370. The Balaban J connectivity index is 1.64. The largest absolute Gasteiger partial charge is 0.375 e. The first-order chi connectivity index (χ1) is 6.38. The minimum Gasteiger partial charge on any atom is -0.375 e. The topological polar surface area (TPSA) is 26.3 Å². The Morgan fingerprint density at radius 1 is 1.00 bits per heavy atom. The maximum atomic E-state index is 10.4. The summed E-state index contributed by atoms with van der Waals surface area (Å²) in [6.45, 7) is 0. The summed E-state index contributed by atoms with van der Waals surface area (Å²) in [6.07, 6.45) is 10.4. The van der Waals surface area contributed by atoms with Crippen molar-refractivity contribution in [2.45, 2.75) is 57.2 Å². The highest BCUT2D eigenvalue weighted by atomic mass is 16.5. The maximum Gasteiger partial charge on any atom is 0.123 e. The second-order valence-corrected chi connectivity index (χ2v) is 4.39. The second kappa shape index (κ2) is 4.23. The van der Waals surface area contributed by atoms with E-state index in [-0.39, 0.29) is 0 Å². The lowest BCUT2D eigenvalue weighted by molar-refractivity contribution is -0.125. The van der Waals surface area contributed by atoms with Crippen LogP contribution in [0, 0.1) is 5.92 Å². The van der Waals surface area contributed by atoms with Crippen LogP contribution in [0.25, 0.3) is 0 Å².